The first-order chi connectivity index (χ1) is 9.50. The Morgan fingerprint density at radius 3 is 2.45 bits per heavy atom. The van der Waals surface area contributed by atoms with E-state index in [1.165, 1.54) is 19.1 Å². The Labute approximate surface area is 115 Å². The summed E-state index contributed by atoms with van der Waals surface area (Å²) >= 11 is 0. The van der Waals surface area contributed by atoms with Crippen molar-refractivity contribution in [2.75, 3.05) is 19.7 Å². The number of carboxylic acid groups (broad SMARTS) is 1. The summed E-state index contributed by atoms with van der Waals surface area (Å²) in [5, 5.41) is 14.0. The average molecular weight is 280 g/mol. The molecule has 1 rings (SSSR count). The zero-order chi connectivity index (χ0) is 15.0. The summed E-state index contributed by atoms with van der Waals surface area (Å²) in [5.41, 5.74) is -0.00135. The molecule has 0 spiro atoms. The van der Waals surface area contributed by atoms with E-state index in [1.807, 2.05) is 0 Å². The molecule has 0 saturated carbocycles. The maximum absolute atomic E-state index is 11.4. The van der Waals surface area contributed by atoms with Crippen LogP contribution < -0.4 is 15.4 Å². The molecule has 3 N–H and O–H groups in total. The van der Waals surface area contributed by atoms with Crippen molar-refractivity contribution >= 4 is 17.8 Å². The Balaban J connectivity index is 2.38. The summed E-state index contributed by atoms with van der Waals surface area (Å²) in [7, 11) is 0. The molecule has 0 unspecified atom stereocenters. The predicted molar refractivity (Wildman–Crippen MR) is 70.6 cm³/mol. The van der Waals surface area contributed by atoms with Crippen LogP contribution >= 0.6 is 0 Å². The third kappa shape index (κ3) is 5.38. The van der Waals surface area contributed by atoms with Gasteiger partial charge in [0.2, 0.25) is 5.91 Å². The van der Waals surface area contributed by atoms with Gasteiger partial charge in [-0.15, -0.1) is 0 Å². The van der Waals surface area contributed by atoms with Crippen LogP contribution in [0.4, 0.5) is 0 Å². The van der Waals surface area contributed by atoms with Crippen molar-refractivity contribution in [1.82, 2.24) is 10.6 Å². The normalized spacial score (nSPS) is 9.65. The summed E-state index contributed by atoms with van der Waals surface area (Å²) in [6, 6.07) is 6.07. The number of nitrogens with one attached hydrogen (secondary N) is 2. The van der Waals surface area contributed by atoms with E-state index in [9.17, 15) is 14.4 Å². The standard InChI is InChI=1S/C13H16N2O5/c1-9(16)14-6-7-15-12(17)8-20-11-5-3-2-4-10(11)13(18)19/h2-5H,6-8H2,1H3,(H,14,16)(H,15,17)(H,18,19). The molecule has 7 nitrogen and oxygen atoms in total. The van der Waals surface area contributed by atoms with Crippen LogP contribution in [0.2, 0.25) is 0 Å². The second kappa shape index (κ2) is 7.78. The van der Waals surface area contributed by atoms with Gasteiger partial charge in [-0.2, -0.15) is 0 Å². The molecular formula is C13H16N2O5. The molecule has 1 aromatic rings. The Morgan fingerprint density at radius 2 is 1.80 bits per heavy atom. The van der Waals surface area contributed by atoms with Gasteiger partial charge in [0, 0.05) is 20.0 Å². The van der Waals surface area contributed by atoms with Crippen LogP contribution in [0.15, 0.2) is 24.3 Å². The highest BCUT2D eigenvalue weighted by Crippen LogP contribution is 2.17. The highest BCUT2D eigenvalue weighted by Gasteiger charge is 2.11. The number of carbonyl (C=O) groups is 3. The highest BCUT2D eigenvalue weighted by molar-refractivity contribution is 5.91. The van der Waals surface area contributed by atoms with E-state index in [2.05, 4.69) is 10.6 Å². The quantitative estimate of drug-likeness (QED) is 0.610. The molecule has 20 heavy (non-hydrogen) atoms. The van der Waals surface area contributed by atoms with E-state index in [1.54, 1.807) is 12.1 Å². The second-order valence-corrected chi connectivity index (χ2v) is 3.92. The molecule has 7 heteroatoms. The number of carboxylic acids is 1. The maximum atomic E-state index is 11.4. The lowest BCUT2D eigenvalue weighted by atomic mass is 10.2. The number of aromatic carboxylic acids is 1. The van der Waals surface area contributed by atoms with Gasteiger partial charge >= 0.3 is 5.97 Å². The van der Waals surface area contributed by atoms with Gasteiger partial charge in [0.15, 0.2) is 6.61 Å². The maximum Gasteiger partial charge on any atom is 0.339 e. The Bertz CT molecular complexity index is 501. The molecule has 0 bridgehead atoms. The van der Waals surface area contributed by atoms with Crippen LogP contribution in [-0.2, 0) is 9.59 Å². The summed E-state index contributed by atoms with van der Waals surface area (Å²) < 4.78 is 5.16. The smallest absolute Gasteiger partial charge is 0.339 e. The third-order valence-corrected chi connectivity index (χ3v) is 2.30. The number of hydrogen-bond donors (Lipinski definition) is 3. The molecule has 1 aromatic carbocycles. The van der Waals surface area contributed by atoms with Crippen molar-refractivity contribution in [3.63, 3.8) is 0 Å². The van der Waals surface area contributed by atoms with Gasteiger partial charge in [0.1, 0.15) is 11.3 Å². The Morgan fingerprint density at radius 1 is 1.15 bits per heavy atom. The molecule has 0 aromatic heterocycles. The molecule has 0 aliphatic carbocycles. The molecule has 0 heterocycles. The minimum atomic E-state index is -1.12. The number of ether oxygens (including phenoxy) is 1. The lowest BCUT2D eigenvalue weighted by molar-refractivity contribution is -0.123. The zero-order valence-corrected chi connectivity index (χ0v) is 11.0. The predicted octanol–water partition coefficient (Wildman–Crippen LogP) is 0.0159. The molecule has 0 saturated heterocycles. The van der Waals surface area contributed by atoms with Crippen molar-refractivity contribution in [3.8, 4) is 5.75 Å². The molecule has 0 aliphatic rings. The molecule has 0 atom stereocenters. The molecule has 0 fully saturated rings. The fourth-order valence-electron chi connectivity index (χ4n) is 1.40. The van der Waals surface area contributed by atoms with Crippen LogP contribution in [0, 0.1) is 0 Å². The van der Waals surface area contributed by atoms with Crippen LogP contribution in [-0.4, -0.2) is 42.6 Å². The topological polar surface area (TPSA) is 105 Å². The van der Waals surface area contributed by atoms with Gasteiger partial charge in [0.05, 0.1) is 0 Å². The van der Waals surface area contributed by atoms with E-state index < -0.39 is 11.9 Å². The molecule has 2 amide bonds. The van der Waals surface area contributed by atoms with Gasteiger partial charge in [-0.1, -0.05) is 12.1 Å². The zero-order valence-electron chi connectivity index (χ0n) is 11.0. The first kappa shape index (κ1) is 15.5. The lowest BCUT2D eigenvalue weighted by Crippen LogP contribution is -2.36. The number of hydrogen-bond acceptors (Lipinski definition) is 4. The summed E-state index contributed by atoms with van der Waals surface area (Å²) in [4.78, 5) is 33.0. The largest absolute Gasteiger partial charge is 0.483 e. The van der Waals surface area contributed by atoms with Crippen molar-refractivity contribution < 1.29 is 24.2 Å². The number of benzene rings is 1. The van der Waals surface area contributed by atoms with E-state index in [0.717, 1.165) is 0 Å². The number of amides is 2. The van der Waals surface area contributed by atoms with Crippen molar-refractivity contribution in [1.29, 1.82) is 0 Å². The summed E-state index contributed by atoms with van der Waals surface area (Å²) in [6.07, 6.45) is 0. The molecule has 108 valence electrons. The minimum absolute atomic E-state index is 0.00135. The molecule has 0 radical (unpaired) electrons. The monoisotopic (exact) mass is 280 g/mol. The van der Waals surface area contributed by atoms with Gasteiger partial charge in [0.25, 0.3) is 5.91 Å². The molecular weight excluding hydrogens is 264 g/mol. The highest BCUT2D eigenvalue weighted by atomic mass is 16.5. The second-order valence-electron chi connectivity index (χ2n) is 3.92. The minimum Gasteiger partial charge on any atom is -0.483 e. The Kier molecular flexibility index (Phi) is 6.02. The van der Waals surface area contributed by atoms with Crippen LogP contribution in [0.1, 0.15) is 17.3 Å². The first-order valence-electron chi connectivity index (χ1n) is 5.97. The van der Waals surface area contributed by atoms with Gasteiger partial charge in [-0.3, -0.25) is 9.59 Å². The summed E-state index contributed by atoms with van der Waals surface area (Å²) in [5.74, 6) is -1.55. The molecule has 0 aliphatic heterocycles. The Hall–Kier alpha value is -2.57. The van der Waals surface area contributed by atoms with Crippen molar-refractivity contribution in [2.24, 2.45) is 0 Å². The van der Waals surface area contributed by atoms with E-state index >= 15 is 0 Å². The third-order valence-electron chi connectivity index (χ3n) is 2.30. The van der Waals surface area contributed by atoms with E-state index in [-0.39, 0.29) is 30.4 Å². The van der Waals surface area contributed by atoms with Gasteiger partial charge in [-0.05, 0) is 12.1 Å². The average Bonchev–Trinajstić information content (AvgIpc) is 2.41. The summed E-state index contributed by atoms with van der Waals surface area (Å²) in [6.45, 7) is 1.70. The van der Waals surface area contributed by atoms with Crippen molar-refractivity contribution in [2.45, 2.75) is 6.92 Å². The number of carbonyl (C=O) groups excluding carboxylic acids is 2. The fourth-order valence-corrected chi connectivity index (χ4v) is 1.40. The van der Waals surface area contributed by atoms with Gasteiger partial charge in [-0.25, -0.2) is 4.79 Å². The van der Waals surface area contributed by atoms with Gasteiger partial charge < -0.3 is 20.5 Å². The SMILES string of the molecule is CC(=O)NCCNC(=O)COc1ccccc1C(=O)O. The van der Waals surface area contributed by atoms with E-state index in [4.69, 9.17) is 9.84 Å². The number of para-hydroxylation sites is 1. The van der Waals surface area contributed by atoms with E-state index in [0.29, 0.717) is 6.54 Å². The lowest BCUT2D eigenvalue weighted by Gasteiger charge is -2.09. The first-order valence-corrected chi connectivity index (χ1v) is 5.97. The van der Waals surface area contributed by atoms with Crippen LogP contribution in [0.25, 0.3) is 0 Å². The van der Waals surface area contributed by atoms with Crippen LogP contribution in [0.5, 0.6) is 5.75 Å². The number of rotatable bonds is 7. The van der Waals surface area contributed by atoms with Crippen molar-refractivity contribution in [3.05, 3.63) is 29.8 Å². The van der Waals surface area contributed by atoms with Crippen LogP contribution in [0.3, 0.4) is 0 Å². The fraction of sp³-hybridized carbons (Fsp3) is 0.308.